The van der Waals surface area contributed by atoms with Crippen LogP contribution in [0.4, 0.5) is 5.69 Å². The van der Waals surface area contributed by atoms with Gasteiger partial charge >= 0.3 is 0 Å². The smallest absolute Gasteiger partial charge is 0.175 e. The fourth-order valence-corrected chi connectivity index (χ4v) is 4.25. The van der Waals surface area contributed by atoms with Gasteiger partial charge in [-0.2, -0.15) is 0 Å². The molecule has 0 bridgehead atoms. The second-order valence-corrected chi connectivity index (χ2v) is 8.79. The van der Waals surface area contributed by atoms with Crippen LogP contribution in [0.2, 0.25) is 0 Å². The van der Waals surface area contributed by atoms with E-state index in [1.165, 1.54) is 12.1 Å². The Bertz CT molecular complexity index is 632. The highest BCUT2D eigenvalue weighted by Gasteiger charge is 2.27. The van der Waals surface area contributed by atoms with Gasteiger partial charge in [-0.1, -0.05) is 0 Å². The summed E-state index contributed by atoms with van der Waals surface area (Å²) in [7, 11) is -6.09. The zero-order valence-electron chi connectivity index (χ0n) is 9.96. The van der Waals surface area contributed by atoms with E-state index in [0.717, 1.165) is 11.9 Å². The van der Waals surface area contributed by atoms with Crippen LogP contribution in [-0.2, 0) is 19.7 Å². The lowest BCUT2D eigenvalue weighted by Gasteiger charge is -2.12. The van der Waals surface area contributed by atoms with Gasteiger partial charge in [-0.3, -0.25) is 0 Å². The molecule has 1 aliphatic heterocycles. The average molecular weight is 289 g/mol. The minimum absolute atomic E-state index is 0.0842. The van der Waals surface area contributed by atoms with Gasteiger partial charge < -0.3 is 5.32 Å². The maximum absolute atomic E-state index is 11.3. The number of hydrogen-bond donors (Lipinski definition) is 1. The molecule has 1 atom stereocenters. The van der Waals surface area contributed by atoms with Crippen molar-refractivity contribution in [1.29, 1.82) is 0 Å². The van der Waals surface area contributed by atoms with Gasteiger partial charge in [0.25, 0.3) is 0 Å². The molecule has 1 saturated heterocycles. The van der Waals surface area contributed by atoms with Crippen LogP contribution in [0.3, 0.4) is 0 Å². The molecule has 0 aliphatic carbocycles. The summed E-state index contributed by atoms with van der Waals surface area (Å²) in [6, 6.07) is 6.25. The van der Waals surface area contributed by atoms with Gasteiger partial charge in [-0.05, 0) is 30.7 Å². The molecule has 0 radical (unpaired) electrons. The molecule has 1 aromatic rings. The Morgan fingerprint density at radius 1 is 1.22 bits per heavy atom. The van der Waals surface area contributed by atoms with Crippen LogP contribution < -0.4 is 5.32 Å². The molecule has 1 N–H and O–H groups in total. The van der Waals surface area contributed by atoms with Crippen LogP contribution in [0.1, 0.15) is 6.42 Å². The molecule has 1 fully saturated rings. The second-order valence-electron chi connectivity index (χ2n) is 4.54. The lowest BCUT2D eigenvalue weighted by atomic mass is 10.2. The van der Waals surface area contributed by atoms with E-state index in [2.05, 4.69) is 5.32 Å². The van der Waals surface area contributed by atoms with E-state index in [1.807, 2.05) is 0 Å². The van der Waals surface area contributed by atoms with Crippen LogP contribution in [0, 0.1) is 0 Å². The minimum atomic E-state index is -3.19. The Morgan fingerprint density at radius 3 is 2.28 bits per heavy atom. The molecule has 100 valence electrons. The van der Waals surface area contributed by atoms with Crippen molar-refractivity contribution in [2.75, 3.05) is 23.1 Å². The highest BCUT2D eigenvalue weighted by atomic mass is 32.2. The zero-order chi connectivity index (χ0) is 13.4. The normalized spacial score (nSPS) is 22.8. The standard InChI is InChI=1S/C11H15NO4S2/c1-17(13,14)11-4-2-9(3-5-11)12-10-6-7-18(15,16)8-10/h2-5,10,12H,6-8H2,1H3. The van der Waals surface area contributed by atoms with Crippen LogP contribution in [0.5, 0.6) is 0 Å². The first-order chi connectivity index (χ1) is 8.26. The molecule has 0 saturated carbocycles. The average Bonchev–Trinajstić information content (AvgIpc) is 2.57. The molecule has 7 heteroatoms. The molecule has 1 aromatic carbocycles. The van der Waals surface area contributed by atoms with Gasteiger partial charge in [0, 0.05) is 18.0 Å². The van der Waals surface area contributed by atoms with Crippen LogP contribution in [-0.4, -0.2) is 40.6 Å². The van der Waals surface area contributed by atoms with Gasteiger partial charge in [0.2, 0.25) is 0 Å². The van der Waals surface area contributed by atoms with Crippen molar-refractivity contribution in [3.05, 3.63) is 24.3 Å². The lowest BCUT2D eigenvalue weighted by Crippen LogP contribution is -2.20. The van der Waals surface area contributed by atoms with Crippen molar-refractivity contribution in [1.82, 2.24) is 0 Å². The minimum Gasteiger partial charge on any atom is -0.381 e. The van der Waals surface area contributed by atoms with E-state index >= 15 is 0 Å². The third kappa shape index (κ3) is 3.23. The number of rotatable bonds is 3. The van der Waals surface area contributed by atoms with E-state index < -0.39 is 19.7 Å². The molecule has 18 heavy (non-hydrogen) atoms. The first-order valence-electron chi connectivity index (χ1n) is 5.53. The number of hydrogen-bond acceptors (Lipinski definition) is 5. The summed E-state index contributed by atoms with van der Waals surface area (Å²) < 4.78 is 45.1. The van der Waals surface area contributed by atoms with E-state index in [4.69, 9.17) is 0 Å². The van der Waals surface area contributed by atoms with E-state index in [1.54, 1.807) is 12.1 Å². The Morgan fingerprint density at radius 2 is 1.83 bits per heavy atom. The fraction of sp³-hybridized carbons (Fsp3) is 0.455. The molecule has 0 spiro atoms. The van der Waals surface area contributed by atoms with Crippen molar-refractivity contribution in [3.63, 3.8) is 0 Å². The van der Waals surface area contributed by atoms with Gasteiger partial charge in [0.15, 0.2) is 19.7 Å². The molecule has 1 unspecified atom stereocenters. The maximum atomic E-state index is 11.3. The summed E-state index contributed by atoms with van der Waals surface area (Å²) in [6.07, 6.45) is 1.75. The van der Waals surface area contributed by atoms with E-state index in [-0.39, 0.29) is 22.4 Å². The first-order valence-corrected chi connectivity index (χ1v) is 9.25. The predicted octanol–water partition coefficient (Wildman–Crippen LogP) is 0.689. The molecule has 5 nitrogen and oxygen atoms in total. The Hall–Kier alpha value is -1.08. The van der Waals surface area contributed by atoms with Crippen molar-refractivity contribution >= 4 is 25.4 Å². The van der Waals surface area contributed by atoms with Crippen LogP contribution in [0.15, 0.2) is 29.2 Å². The predicted molar refractivity (Wildman–Crippen MR) is 70.2 cm³/mol. The summed E-state index contributed by atoms with van der Waals surface area (Å²) in [5, 5.41) is 3.10. The molecule has 0 aromatic heterocycles. The number of anilines is 1. The molecule has 1 heterocycles. The zero-order valence-corrected chi connectivity index (χ0v) is 11.6. The number of sulfone groups is 2. The lowest BCUT2D eigenvalue weighted by molar-refractivity contribution is 0.600. The van der Waals surface area contributed by atoms with Crippen LogP contribution in [0.25, 0.3) is 0 Å². The summed E-state index contributed by atoms with van der Waals surface area (Å²) >= 11 is 0. The maximum Gasteiger partial charge on any atom is 0.175 e. The highest BCUT2D eigenvalue weighted by molar-refractivity contribution is 7.91. The second kappa shape index (κ2) is 4.55. The van der Waals surface area contributed by atoms with E-state index in [0.29, 0.717) is 6.42 Å². The van der Waals surface area contributed by atoms with Gasteiger partial charge in [0.05, 0.1) is 16.4 Å². The summed E-state index contributed by atoms with van der Waals surface area (Å²) in [6.45, 7) is 0. The summed E-state index contributed by atoms with van der Waals surface area (Å²) in [5.74, 6) is 0.354. The van der Waals surface area contributed by atoms with Gasteiger partial charge in [-0.25, -0.2) is 16.8 Å². The SMILES string of the molecule is CS(=O)(=O)c1ccc(NC2CCS(=O)(=O)C2)cc1. The van der Waals surface area contributed by atoms with Gasteiger partial charge in [-0.15, -0.1) is 0 Å². The Labute approximate surface area is 107 Å². The Balaban J connectivity index is 2.08. The third-order valence-corrected chi connectivity index (χ3v) is 5.78. The van der Waals surface area contributed by atoms with Crippen molar-refractivity contribution in [3.8, 4) is 0 Å². The molecular formula is C11H15NO4S2. The van der Waals surface area contributed by atoms with Crippen molar-refractivity contribution in [2.24, 2.45) is 0 Å². The third-order valence-electron chi connectivity index (χ3n) is 2.89. The first kappa shape index (κ1) is 13.4. The quantitative estimate of drug-likeness (QED) is 0.885. The van der Waals surface area contributed by atoms with Gasteiger partial charge in [0.1, 0.15) is 0 Å². The largest absolute Gasteiger partial charge is 0.381 e. The molecular weight excluding hydrogens is 274 g/mol. The van der Waals surface area contributed by atoms with Crippen molar-refractivity contribution in [2.45, 2.75) is 17.4 Å². The molecule has 0 amide bonds. The fourth-order valence-electron chi connectivity index (χ4n) is 1.94. The number of benzene rings is 1. The van der Waals surface area contributed by atoms with Crippen molar-refractivity contribution < 1.29 is 16.8 Å². The highest BCUT2D eigenvalue weighted by Crippen LogP contribution is 2.19. The molecule has 2 rings (SSSR count). The topological polar surface area (TPSA) is 80.3 Å². The summed E-state index contributed by atoms with van der Waals surface area (Å²) in [4.78, 5) is 0.257. The molecule has 1 aliphatic rings. The summed E-state index contributed by atoms with van der Waals surface area (Å²) in [5.41, 5.74) is 0.740. The van der Waals surface area contributed by atoms with Crippen LogP contribution >= 0.6 is 0 Å². The Kier molecular flexibility index (Phi) is 3.37. The van der Waals surface area contributed by atoms with E-state index in [9.17, 15) is 16.8 Å². The number of nitrogens with one attached hydrogen (secondary N) is 1. The monoisotopic (exact) mass is 289 g/mol.